The molecule has 2 amide bonds. The van der Waals surface area contributed by atoms with E-state index in [1.54, 1.807) is 48.5 Å². The Bertz CT molecular complexity index is 810. The van der Waals surface area contributed by atoms with Crippen molar-refractivity contribution in [2.75, 3.05) is 0 Å². The maximum atomic E-state index is 12.2. The van der Waals surface area contributed by atoms with Gasteiger partial charge in [-0.3, -0.25) is 25.8 Å². The fraction of sp³-hybridized carbons (Fsp3) is 0.167. The molecule has 136 valence electrons. The summed E-state index contributed by atoms with van der Waals surface area (Å²) in [6, 6.07) is 13.1. The van der Waals surface area contributed by atoms with E-state index in [9.17, 15) is 9.59 Å². The average Bonchev–Trinajstić information content (AvgIpc) is 2.60. The Morgan fingerprint density at radius 2 is 1.69 bits per heavy atom. The summed E-state index contributed by atoms with van der Waals surface area (Å²) in [6.07, 6.45) is -0.000801. The lowest BCUT2D eigenvalue weighted by atomic mass is 10.2. The van der Waals surface area contributed by atoms with Crippen molar-refractivity contribution in [2.45, 2.75) is 20.0 Å². The molecule has 0 unspecified atom stereocenters. The van der Waals surface area contributed by atoms with E-state index in [-0.39, 0.29) is 11.2 Å². The third-order valence-electron chi connectivity index (χ3n) is 3.09. The maximum Gasteiger partial charge on any atom is 0.269 e. The highest BCUT2D eigenvalue weighted by Gasteiger charge is 2.11. The summed E-state index contributed by atoms with van der Waals surface area (Å²) in [5, 5.41) is 2.98. The van der Waals surface area contributed by atoms with Crippen LogP contribution >= 0.6 is 23.8 Å². The third-order valence-corrected chi connectivity index (χ3v) is 3.55. The van der Waals surface area contributed by atoms with Gasteiger partial charge in [0, 0.05) is 16.1 Å². The van der Waals surface area contributed by atoms with Gasteiger partial charge in [-0.15, -0.1) is 0 Å². The zero-order valence-electron chi connectivity index (χ0n) is 14.2. The molecule has 0 fully saturated rings. The molecule has 0 saturated heterocycles. The highest BCUT2D eigenvalue weighted by atomic mass is 35.5. The first-order valence-corrected chi connectivity index (χ1v) is 8.57. The molecule has 2 aromatic carbocycles. The molecule has 6 nitrogen and oxygen atoms in total. The van der Waals surface area contributed by atoms with Crippen LogP contribution in [0.2, 0.25) is 5.02 Å². The van der Waals surface area contributed by atoms with Gasteiger partial charge in [0.1, 0.15) is 5.75 Å². The molecule has 0 aliphatic heterocycles. The molecule has 3 N–H and O–H groups in total. The van der Waals surface area contributed by atoms with E-state index in [0.29, 0.717) is 21.9 Å². The SMILES string of the molecule is CC(C)Oc1cccc(C(=O)NC(=S)NNC(=O)c2ccc(Cl)cc2)c1. The molecule has 0 atom stereocenters. The normalized spacial score (nSPS) is 10.2. The van der Waals surface area contributed by atoms with Crippen LogP contribution in [-0.2, 0) is 0 Å². The van der Waals surface area contributed by atoms with Gasteiger partial charge < -0.3 is 4.74 Å². The van der Waals surface area contributed by atoms with Gasteiger partial charge in [-0.1, -0.05) is 17.7 Å². The maximum absolute atomic E-state index is 12.2. The summed E-state index contributed by atoms with van der Waals surface area (Å²) in [7, 11) is 0. The molecule has 0 aromatic heterocycles. The van der Waals surface area contributed by atoms with Crippen LogP contribution in [0.3, 0.4) is 0 Å². The Balaban J connectivity index is 1.88. The molecule has 0 bridgehead atoms. The fourth-order valence-electron chi connectivity index (χ4n) is 1.98. The number of amides is 2. The second-order valence-electron chi connectivity index (χ2n) is 5.56. The van der Waals surface area contributed by atoms with E-state index in [2.05, 4.69) is 16.2 Å². The van der Waals surface area contributed by atoms with Crippen molar-refractivity contribution in [2.24, 2.45) is 0 Å². The number of nitrogens with one attached hydrogen (secondary N) is 3. The largest absolute Gasteiger partial charge is 0.491 e. The van der Waals surface area contributed by atoms with Gasteiger partial charge in [0.15, 0.2) is 5.11 Å². The fourth-order valence-corrected chi connectivity index (χ4v) is 2.25. The van der Waals surface area contributed by atoms with Gasteiger partial charge in [0.05, 0.1) is 6.10 Å². The number of rotatable bonds is 4. The molecule has 0 heterocycles. The molecule has 0 spiro atoms. The first-order valence-electron chi connectivity index (χ1n) is 7.79. The van der Waals surface area contributed by atoms with Crippen molar-refractivity contribution in [1.82, 2.24) is 16.2 Å². The number of carbonyl (C=O) groups is 2. The summed E-state index contributed by atoms with van der Waals surface area (Å²) in [6.45, 7) is 3.80. The number of benzene rings is 2. The van der Waals surface area contributed by atoms with Crippen LogP contribution in [0.1, 0.15) is 34.6 Å². The Labute approximate surface area is 161 Å². The number of hydrogen-bond donors (Lipinski definition) is 3. The lowest BCUT2D eigenvalue weighted by molar-refractivity contribution is 0.0934. The van der Waals surface area contributed by atoms with E-state index < -0.39 is 11.8 Å². The van der Waals surface area contributed by atoms with Crippen molar-refractivity contribution >= 4 is 40.7 Å². The van der Waals surface area contributed by atoms with Crippen LogP contribution < -0.4 is 20.9 Å². The summed E-state index contributed by atoms with van der Waals surface area (Å²) in [4.78, 5) is 24.2. The van der Waals surface area contributed by atoms with Crippen molar-refractivity contribution in [3.05, 3.63) is 64.7 Å². The van der Waals surface area contributed by atoms with Gasteiger partial charge in [0.2, 0.25) is 0 Å². The summed E-state index contributed by atoms with van der Waals surface area (Å²) in [5.74, 6) is -0.245. The van der Waals surface area contributed by atoms with E-state index in [1.165, 1.54) is 0 Å². The summed E-state index contributed by atoms with van der Waals surface area (Å²) in [5.41, 5.74) is 5.66. The Kier molecular flexibility index (Phi) is 6.94. The van der Waals surface area contributed by atoms with Crippen LogP contribution in [0.15, 0.2) is 48.5 Å². The van der Waals surface area contributed by atoms with Gasteiger partial charge in [-0.25, -0.2) is 0 Å². The first-order chi connectivity index (χ1) is 12.3. The zero-order chi connectivity index (χ0) is 19.1. The van der Waals surface area contributed by atoms with Crippen LogP contribution in [0.4, 0.5) is 0 Å². The number of thiocarbonyl (C=S) groups is 1. The van der Waals surface area contributed by atoms with Gasteiger partial charge in [-0.2, -0.15) is 0 Å². The van der Waals surface area contributed by atoms with Crippen LogP contribution in [0.5, 0.6) is 5.75 Å². The molecule has 2 aromatic rings. The van der Waals surface area contributed by atoms with Crippen molar-refractivity contribution in [3.8, 4) is 5.75 Å². The lowest BCUT2D eigenvalue weighted by Crippen LogP contribution is -2.48. The Hall–Kier alpha value is -2.64. The molecular weight excluding hydrogens is 374 g/mol. The minimum atomic E-state index is -0.419. The predicted molar refractivity (Wildman–Crippen MR) is 104 cm³/mol. The standard InChI is InChI=1S/C18H18ClN3O3S/c1-11(2)25-15-5-3-4-13(10-15)16(23)20-18(26)22-21-17(24)12-6-8-14(19)9-7-12/h3-11H,1-2H3,(H,21,24)(H2,20,22,23,26). The number of carbonyl (C=O) groups excluding carboxylic acids is 2. The molecule has 0 aliphatic carbocycles. The average molecular weight is 392 g/mol. The first kappa shape index (κ1) is 19.7. The van der Waals surface area contributed by atoms with Crippen molar-refractivity contribution < 1.29 is 14.3 Å². The van der Waals surface area contributed by atoms with Crippen LogP contribution in [0, 0.1) is 0 Å². The lowest BCUT2D eigenvalue weighted by Gasteiger charge is -2.12. The Morgan fingerprint density at radius 3 is 2.35 bits per heavy atom. The second kappa shape index (κ2) is 9.17. The number of hydrogen-bond acceptors (Lipinski definition) is 4. The monoisotopic (exact) mass is 391 g/mol. The number of ether oxygens (including phenoxy) is 1. The third kappa shape index (κ3) is 6.02. The minimum Gasteiger partial charge on any atom is -0.491 e. The van der Waals surface area contributed by atoms with E-state index in [1.807, 2.05) is 13.8 Å². The molecular formula is C18H18ClN3O3S. The van der Waals surface area contributed by atoms with Gasteiger partial charge in [-0.05, 0) is 68.5 Å². The van der Waals surface area contributed by atoms with Crippen molar-refractivity contribution in [3.63, 3.8) is 0 Å². The minimum absolute atomic E-state index is 0.000801. The highest BCUT2D eigenvalue weighted by Crippen LogP contribution is 2.14. The topological polar surface area (TPSA) is 79.5 Å². The zero-order valence-corrected chi connectivity index (χ0v) is 15.8. The summed E-state index contributed by atoms with van der Waals surface area (Å²) >= 11 is 10.8. The highest BCUT2D eigenvalue weighted by molar-refractivity contribution is 7.80. The van der Waals surface area contributed by atoms with Crippen LogP contribution in [0.25, 0.3) is 0 Å². The summed E-state index contributed by atoms with van der Waals surface area (Å²) < 4.78 is 5.55. The second-order valence-corrected chi connectivity index (χ2v) is 6.41. The van der Waals surface area contributed by atoms with Gasteiger partial charge >= 0.3 is 0 Å². The molecule has 0 radical (unpaired) electrons. The van der Waals surface area contributed by atoms with Crippen molar-refractivity contribution in [1.29, 1.82) is 0 Å². The van der Waals surface area contributed by atoms with Crippen LogP contribution in [-0.4, -0.2) is 23.0 Å². The molecule has 8 heteroatoms. The van der Waals surface area contributed by atoms with E-state index >= 15 is 0 Å². The van der Waals surface area contributed by atoms with E-state index in [4.69, 9.17) is 28.6 Å². The Morgan fingerprint density at radius 1 is 1.00 bits per heavy atom. The van der Waals surface area contributed by atoms with Gasteiger partial charge in [0.25, 0.3) is 11.8 Å². The molecule has 0 aliphatic rings. The number of halogens is 1. The number of hydrazine groups is 1. The smallest absolute Gasteiger partial charge is 0.269 e. The molecule has 0 saturated carbocycles. The molecule has 26 heavy (non-hydrogen) atoms. The molecule has 2 rings (SSSR count). The quantitative estimate of drug-likeness (QED) is 0.551. The predicted octanol–water partition coefficient (Wildman–Crippen LogP) is 3.08. The van der Waals surface area contributed by atoms with E-state index in [0.717, 1.165) is 0 Å².